The number of rotatable bonds is 2. The summed E-state index contributed by atoms with van der Waals surface area (Å²) in [5.74, 6) is 0.0824. The van der Waals surface area contributed by atoms with Crippen molar-refractivity contribution in [1.29, 1.82) is 0 Å². The Morgan fingerprint density at radius 3 is 2.69 bits per heavy atom. The highest BCUT2D eigenvalue weighted by Gasteiger charge is 2.21. The number of hydrogen-bond acceptors (Lipinski definition) is 3. The summed E-state index contributed by atoms with van der Waals surface area (Å²) < 4.78 is 0. The van der Waals surface area contributed by atoms with E-state index in [1.165, 1.54) is 5.56 Å². The minimum Gasteiger partial charge on any atom is -0.334 e. The summed E-state index contributed by atoms with van der Waals surface area (Å²) >= 11 is 0. The number of para-hydroxylation sites is 1. The van der Waals surface area contributed by atoms with E-state index >= 15 is 0 Å². The molecule has 0 unspecified atom stereocenters. The maximum atomic E-state index is 13.0. The molecular weight excluding hydrogens is 324 g/mol. The Balaban J connectivity index is 1.62. The molecule has 130 valence electrons. The van der Waals surface area contributed by atoms with Gasteiger partial charge in [0.1, 0.15) is 0 Å². The van der Waals surface area contributed by atoms with Crippen molar-refractivity contribution in [1.82, 2.24) is 9.88 Å². The summed E-state index contributed by atoms with van der Waals surface area (Å²) in [5, 5.41) is 0.972. The number of benzene rings is 2. The lowest BCUT2D eigenvalue weighted by atomic mass is 9.99. The largest absolute Gasteiger partial charge is 0.334 e. The minimum atomic E-state index is 0.00625. The van der Waals surface area contributed by atoms with Gasteiger partial charge in [-0.25, -0.2) is 0 Å². The van der Waals surface area contributed by atoms with Gasteiger partial charge in [-0.05, 0) is 49.1 Å². The zero-order chi connectivity index (χ0) is 18.1. The summed E-state index contributed by atoms with van der Waals surface area (Å²) in [5.41, 5.74) is 4.54. The highest BCUT2D eigenvalue weighted by molar-refractivity contribution is 5.97. The zero-order valence-corrected chi connectivity index (χ0v) is 14.7. The van der Waals surface area contributed by atoms with Crippen LogP contribution in [0, 0.1) is 0 Å². The van der Waals surface area contributed by atoms with Crippen LogP contribution in [0.15, 0.2) is 54.7 Å². The number of carbonyl (C=O) groups excluding carboxylic acids is 2. The molecule has 26 heavy (non-hydrogen) atoms. The van der Waals surface area contributed by atoms with E-state index in [1.807, 2.05) is 53.4 Å². The van der Waals surface area contributed by atoms with Gasteiger partial charge in [0.2, 0.25) is 0 Å². The molecule has 1 aromatic heterocycles. The number of nitrogens with zero attached hydrogens (tertiary/aromatic N) is 2. The molecule has 1 aliphatic heterocycles. The van der Waals surface area contributed by atoms with E-state index in [-0.39, 0.29) is 11.7 Å². The van der Waals surface area contributed by atoms with Crippen LogP contribution in [0.4, 0.5) is 0 Å². The molecule has 0 saturated carbocycles. The number of fused-ring (bicyclic) bond motifs is 2. The van der Waals surface area contributed by atoms with Crippen molar-refractivity contribution in [2.24, 2.45) is 0 Å². The molecule has 0 saturated heterocycles. The predicted molar refractivity (Wildman–Crippen MR) is 101 cm³/mol. The molecule has 0 radical (unpaired) electrons. The van der Waals surface area contributed by atoms with Gasteiger partial charge in [0, 0.05) is 30.2 Å². The Bertz CT molecular complexity index is 1010. The van der Waals surface area contributed by atoms with Gasteiger partial charge in [-0.2, -0.15) is 0 Å². The van der Waals surface area contributed by atoms with E-state index in [0.717, 1.165) is 34.9 Å². The molecule has 0 aliphatic carbocycles. The van der Waals surface area contributed by atoms with Gasteiger partial charge in [-0.15, -0.1) is 0 Å². The first-order valence-electron chi connectivity index (χ1n) is 8.88. The SMILES string of the molecule is CC(=O)c1ccc2c(c1)CCCN(C(=O)c1cnc3ccccc3c1)C2. The molecule has 2 heterocycles. The van der Waals surface area contributed by atoms with Gasteiger partial charge < -0.3 is 4.90 Å². The normalized spacial score (nSPS) is 14.0. The van der Waals surface area contributed by atoms with Crippen LogP contribution in [0.5, 0.6) is 0 Å². The molecule has 1 aliphatic rings. The second-order valence-corrected chi connectivity index (χ2v) is 6.79. The lowest BCUT2D eigenvalue weighted by molar-refractivity contribution is 0.0745. The average molecular weight is 344 g/mol. The smallest absolute Gasteiger partial charge is 0.255 e. The Morgan fingerprint density at radius 2 is 1.85 bits per heavy atom. The van der Waals surface area contributed by atoms with Crippen molar-refractivity contribution in [3.63, 3.8) is 0 Å². The van der Waals surface area contributed by atoms with E-state index < -0.39 is 0 Å². The van der Waals surface area contributed by atoms with Crippen LogP contribution in [0.2, 0.25) is 0 Å². The Labute approximate surface area is 152 Å². The van der Waals surface area contributed by atoms with Crippen molar-refractivity contribution in [2.75, 3.05) is 6.54 Å². The van der Waals surface area contributed by atoms with Crippen molar-refractivity contribution in [2.45, 2.75) is 26.3 Å². The predicted octanol–water partition coefficient (Wildman–Crippen LogP) is 4.03. The summed E-state index contributed by atoms with van der Waals surface area (Å²) in [6.07, 6.45) is 3.44. The topological polar surface area (TPSA) is 50.3 Å². The summed E-state index contributed by atoms with van der Waals surface area (Å²) in [4.78, 5) is 30.9. The lowest BCUT2D eigenvalue weighted by Crippen LogP contribution is -2.30. The molecule has 0 N–H and O–H groups in total. The maximum absolute atomic E-state index is 13.0. The first-order valence-corrected chi connectivity index (χ1v) is 8.88. The third kappa shape index (κ3) is 3.10. The fraction of sp³-hybridized carbons (Fsp3) is 0.227. The highest BCUT2D eigenvalue weighted by Crippen LogP contribution is 2.22. The van der Waals surface area contributed by atoms with E-state index in [9.17, 15) is 9.59 Å². The fourth-order valence-corrected chi connectivity index (χ4v) is 3.52. The molecule has 4 nitrogen and oxygen atoms in total. The summed E-state index contributed by atoms with van der Waals surface area (Å²) in [6, 6.07) is 15.5. The number of carbonyl (C=O) groups is 2. The average Bonchev–Trinajstić information content (AvgIpc) is 2.88. The summed E-state index contributed by atoms with van der Waals surface area (Å²) in [7, 11) is 0. The van der Waals surface area contributed by atoms with Crippen LogP contribution in [-0.4, -0.2) is 28.1 Å². The van der Waals surface area contributed by atoms with E-state index in [4.69, 9.17) is 0 Å². The third-order valence-electron chi connectivity index (χ3n) is 4.97. The van der Waals surface area contributed by atoms with Crippen LogP contribution < -0.4 is 0 Å². The second kappa shape index (κ2) is 6.71. The van der Waals surface area contributed by atoms with Gasteiger partial charge in [0.15, 0.2) is 5.78 Å². The Morgan fingerprint density at radius 1 is 1.00 bits per heavy atom. The summed E-state index contributed by atoms with van der Waals surface area (Å²) in [6.45, 7) is 2.86. The van der Waals surface area contributed by atoms with Gasteiger partial charge >= 0.3 is 0 Å². The standard InChI is InChI=1S/C22H20N2O2/c1-15(25)16-8-9-19-14-24(10-4-6-17(19)11-16)22(26)20-12-18-5-2-3-7-21(18)23-13-20/h2-3,5,7-9,11-13H,4,6,10,14H2,1H3. The van der Waals surface area contributed by atoms with Crippen LogP contribution in [-0.2, 0) is 13.0 Å². The number of aryl methyl sites for hydroxylation is 1. The Hall–Kier alpha value is -3.01. The number of ketones is 1. The third-order valence-corrected chi connectivity index (χ3v) is 4.97. The molecule has 2 aromatic carbocycles. The number of amides is 1. The first kappa shape index (κ1) is 16.5. The van der Waals surface area contributed by atoms with Crippen LogP contribution in [0.1, 0.15) is 45.2 Å². The van der Waals surface area contributed by atoms with Crippen molar-refractivity contribution >= 4 is 22.6 Å². The van der Waals surface area contributed by atoms with E-state index in [0.29, 0.717) is 18.7 Å². The number of hydrogen-bond donors (Lipinski definition) is 0. The zero-order valence-electron chi connectivity index (χ0n) is 14.7. The minimum absolute atomic E-state index is 0.00625. The molecule has 3 aromatic rings. The number of Topliss-reactive ketones (excluding diaryl/α,β-unsaturated/α-hetero) is 1. The van der Waals surface area contributed by atoms with Gasteiger partial charge in [0.05, 0.1) is 11.1 Å². The monoisotopic (exact) mass is 344 g/mol. The molecular formula is C22H20N2O2. The molecule has 0 bridgehead atoms. The van der Waals surface area contributed by atoms with Crippen LogP contribution in [0.25, 0.3) is 10.9 Å². The van der Waals surface area contributed by atoms with Gasteiger partial charge in [-0.3, -0.25) is 14.6 Å². The highest BCUT2D eigenvalue weighted by atomic mass is 16.2. The number of pyridine rings is 1. The van der Waals surface area contributed by atoms with Crippen LogP contribution in [0.3, 0.4) is 0 Å². The van der Waals surface area contributed by atoms with Crippen LogP contribution >= 0.6 is 0 Å². The van der Waals surface area contributed by atoms with E-state index in [2.05, 4.69) is 4.98 Å². The molecule has 0 fully saturated rings. The molecule has 4 rings (SSSR count). The fourth-order valence-electron chi connectivity index (χ4n) is 3.52. The molecule has 1 amide bonds. The molecule has 0 spiro atoms. The van der Waals surface area contributed by atoms with Crippen molar-refractivity contribution < 1.29 is 9.59 Å². The maximum Gasteiger partial charge on any atom is 0.255 e. The second-order valence-electron chi connectivity index (χ2n) is 6.79. The van der Waals surface area contributed by atoms with E-state index in [1.54, 1.807) is 13.1 Å². The van der Waals surface area contributed by atoms with Crippen molar-refractivity contribution in [3.05, 3.63) is 77.0 Å². The quantitative estimate of drug-likeness (QED) is 0.660. The van der Waals surface area contributed by atoms with Gasteiger partial charge in [0.25, 0.3) is 5.91 Å². The first-order chi connectivity index (χ1) is 12.6. The molecule has 4 heteroatoms. The lowest BCUT2D eigenvalue weighted by Gasteiger charge is -2.21. The molecule has 0 atom stereocenters. The van der Waals surface area contributed by atoms with Gasteiger partial charge in [-0.1, -0.05) is 30.3 Å². The number of aromatic nitrogens is 1. The Kier molecular flexibility index (Phi) is 4.25. The van der Waals surface area contributed by atoms with Crippen molar-refractivity contribution in [3.8, 4) is 0 Å².